The summed E-state index contributed by atoms with van der Waals surface area (Å²) >= 11 is 0. The van der Waals surface area contributed by atoms with E-state index in [0.717, 1.165) is 36.7 Å². The average molecular weight is 349 g/mol. The van der Waals surface area contributed by atoms with Gasteiger partial charge in [0.15, 0.2) is 0 Å². The smallest absolute Gasteiger partial charge is 0.241 e. The molecule has 1 aliphatic rings. The van der Waals surface area contributed by atoms with Crippen LogP contribution in [0.5, 0.6) is 0 Å². The summed E-state index contributed by atoms with van der Waals surface area (Å²) in [6.45, 7) is 5.74. The van der Waals surface area contributed by atoms with Crippen LogP contribution < -0.4 is 5.32 Å². The summed E-state index contributed by atoms with van der Waals surface area (Å²) in [5, 5.41) is 7.55. The molecule has 6 heteroatoms. The van der Waals surface area contributed by atoms with Gasteiger partial charge in [-0.2, -0.15) is 4.98 Å². The predicted octanol–water partition coefficient (Wildman–Crippen LogP) is 3.37. The van der Waals surface area contributed by atoms with Crippen molar-refractivity contribution in [2.45, 2.75) is 19.9 Å². The van der Waals surface area contributed by atoms with Crippen molar-refractivity contribution in [1.29, 1.82) is 0 Å². The van der Waals surface area contributed by atoms with Crippen LogP contribution in [0.3, 0.4) is 0 Å². The van der Waals surface area contributed by atoms with E-state index in [1.807, 2.05) is 55.5 Å². The Balaban J connectivity index is 1.29. The number of rotatable bonds is 6. The van der Waals surface area contributed by atoms with E-state index in [9.17, 15) is 0 Å². The van der Waals surface area contributed by atoms with Gasteiger partial charge < -0.3 is 9.84 Å². The third-order valence-electron chi connectivity index (χ3n) is 4.69. The Morgan fingerprint density at radius 3 is 2.85 bits per heavy atom. The monoisotopic (exact) mass is 349 g/mol. The van der Waals surface area contributed by atoms with Gasteiger partial charge in [-0.25, -0.2) is 4.98 Å². The third kappa shape index (κ3) is 4.08. The van der Waals surface area contributed by atoms with Gasteiger partial charge in [-0.3, -0.25) is 4.90 Å². The molecular weight excluding hydrogens is 326 g/mol. The maximum absolute atomic E-state index is 5.43. The van der Waals surface area contributed by atoms with Crippen LogP contribution >= 0.6 is 0 Å². The molecule has 3 heterocycles. The van der Waals surface area contributed by atoms with Crippen LogP contribution in [-0.2, 0) is 6.54 Å². The molecule has 0 bridgehead atoms. The van der Waals surface area contributed by atoms with Crippen LogP contribution in [0, 0.1) is 12.8 Å². The van der Waals surface area contributed by atoms with Crippen LogP contribution in [0.1, 0.15) is 18.0 Å². The Bertz CT molecular complexity index is 848. The second-order valence-electron chi connectivity index (χ2n) is 6.81. The molecule has 0 radical (unpaired) electrons. The number of likely N-dealkylation sites (tertiary alicyclic amines) is 1. The fourth-order valence-corrected chi connectivity index (χ4v) is 3.33. The number of hydrogen-bond donors (Lipinski definition) is 1. The van der Waals surface area contributed by atoms with Crippen molar-refractivity contribution in [2.75, 3.05) is 25.0 Å². The van der Waals surface area contributed by atoms with Crippen molar-refractivity contribution in [3.63, 3.8) is 0 Å². The Labute approximate surface area is 153 Å². The Morgan fingerprint density at radius 2 is 2.00 bits per heavy atom. The van der Waals surface area contributed by atoms with E-state index in [-0.39, 0.29) is 0 Å². The quantitative estimate of drug-likeness (QED) is 0.736. The minimum absolute atomic E-state index is 0.605. The number of pyridine rings is 1. The normalized spacial score (nSPS) is 17.5. The van der Waals surface area contributed by atoms with Crippen LogP contribution in [0.4, 0.5) is 5.82 Å². The molecule has 6 nitrogen and oxygen atoms in total. The van der Waals surface area contributed by atoms with E-state index in [0.29, 0.717) is 24.2 Å². The summed E-state index contributed by atoms with van der Waals surface area (Å²) in [5.41, 5.74) is 2.02. The van der Waals surface area contributed by atoms with Gasteiger partial charge in [-0.15, -0.1) is 0 Å². The van der Waals surface area contributed by atoms with Gasteiger partial charge in [0.25, 0.3) is 0 Å². The van der Waals surface area contributed by atoms with Crippen LogP contribution in [0.15, 0.2) is 53.1 Å². The number of aromatic nitrogens is 3. The standard InChI is InChI=1S/C20H23N5O/c1-15-6-5-9-18(22-15)21-12-16-10-11-25(13-16)14-19-23-20(24-26-19)17-7-3-2-4-8-17/h2-9,16H,10-14H2,1H3,(H,21,22)/t16-/m1/s1. The molecular formula is C20H23N5O. The lowest BCUT2D eigenvalue weighted by atomic mass is 10.1. The topological polar surface area (TPSA) is 67.1 Å². The summed E-state index contributed by atoms with van der Waals surface area (Å²) in [4.78, 5) is 11.4. The van der Waals surface area contributed by atoms with Crippen LogP contribution in [-0.4, -0.2) is 39.7 Å². The number of nitrogens with one attached hydrogen (secondary N) is 1. The van der Waals surface area contributed by atoms with E-state index >= 15 is 0 Å². The SMILES string of the molecule is Cc1cccc(NC[C@H]2CCN(Cc3nc(-c4ccccc4)no3)C2)n1. The predicted molar refractivity (Wildman–Crippen MR) is 101 cm³/mol. The number of benzene rings is 1. The van der Waals surface area contributed by atoms with Crippen LogP contribution in [0.25, 0.3) is 11.4 Å². The van der Waals surface area contributed by atoms with Gasteiger partial charge >= 0.3 is 0 Å². The van der Waals surface area contributed by atoms with E-state index < -0.39 is 0 Å². The van der Waals surface area contributed by atoms with Gasteiger partial charge in [0, 0.05) is 24.3 Å². The lowest BCUT2D eigenvalue weighted by Crippen LogP contribution is -2.23. The first-order valence-corrected chi connectivity index (χ1v) is 9.04. The Kier molecular flexibility index (Phi) is 4.93. The first-order valence-electron chi connectivity index (χ1n) is 9.04. The molecule has 0 saturated carbocycles. The van der Waals surface area contributed by atoms with Crippen molar-refractivity contribution >= 4 is 5.82 Å². The first kappa shape index (κ1) is 16.7. The van der Waals surface area contributed by atoms with E-state index in [4.69, 9.17) is 4.52 Å². The highest BCUT2D eigenvalue weighted by Crippen LogP contribution is 2.20. The molecule has 134 valence electrons. The molecule has 1 N–H and O–H groups in total. The molecule has 0 aliphatic carbocycles. The van der Waals surface area contributed by atoms with Gasteiger partial charge in [0.1, 0.15) is 5.82 Å². The number of aryl methyl sites for hydroxylation is 1. The molecule has 2 aromatic heterocycles. The highest BCUT2D eigenvalue weighted by molar-refractivity contribution is 5.53. The molecule has 1 aromatic carbocycles. The maximum atomic E-state index is 5.43. The molecule has 0 amide bonds. The van der Waals surface area contributed by atoms with Gasteiger partial charge in [-0.05, 0) is 37.9 Å². The van der Waals surface area contributed by atoms with E-state index in [1.54, 1.807) is 0 Å². The zero-order chi connectivity index (χ0) is 17.8. The van der Waals surface area contributed by atoms with Gasteiger partial charge in [-0.1, -0.05) is 41.6 Å². The first-order chi connectivity index (χ1) is 12.8. The maximum Gasteiger partial charge on any atom is 0.241 e. The second-order valence-corrected chi connectivity index (χ2v) is 6.81. The minimum atomic E-state index is 0.605. The number of hydrogen-bond acceptors (Lipinski definition) is 6. The zero-order valence-corrected chi connectivity index (χ0v) is 14.9. The Morgan fingerprint density at radius 1 is 1.12 bits per heavy atom. The summed E-state index contributed by atoms with van der Waals surface area (Å²) in [7, 11) is 0. The molecule has 1 aliphatic heterocycles. The molecule has 0 unspecified atom stereocenters. The van der Waals surface area contributed by atoms with E-state index in [2.05, 4.69) is 25.3 Å². The van der Waals surface area contributed by atoms with E-state index in [1.165, 1.54) is 6.42 Å². The lowest BCUT2D eigenvalue weighted by molar-refractivity contribution is 0.261. The molecule has 0 spiro atoms. The molecule has 1 atom stereocenters. The van der Waals surface area contributed by atoms with Crippen molar-refractivity contribution in [3.8, 4) is 11.4 Å². The molecule has 3 aromatic rings. The minimum Gasteiger partial charge on any atom is -0.370 e. The number of nitrogens with zero attached hydrogens (tertiary/aromatic N) is 4. The van der Waals surface area contributed by atoms with Gasteiger partial charge in [0.05, 0.1) is 6.54 Å². The fourth-order valence-electron chi connectivity index (χ4n) is 3.33. The average Bonchev–Trinajstić information content (AvgIpc) is 3.31. The molecule has 26 heavy (non-hydrogen) atoms. The summed E-state index contributed by atoms with van der Waals surface area (Å²) in [6.07, 6.45) is 1.17. The van der Waals surface area contributed by atoms with Crippen LogP contribution in [0.2, 0.25) is 0 Å². The highest BCUT2D eigenvalue weighted by atomic mass is 16.5. The summed E-state index contributed by atoms with van der Waals surface area (Å²) in [6, 6.07) is 16.0. The van der Waals surface area contributed by atoms with Crippen molar-refractivity contribution in [3.05, 3.63) is 60.1 Å². The molecule has 1 fully saturated rings. The van der Waals surface area contributed by atoms with Crippen molar-refractivity contribution < 1.29 is 4.52 Å². The van der Waals surface area contributed by atoms with Gasteiger partial charge in [0.2, 0.25) is 11.7 Å². The van der Waals surface area contributed by atoms with Crippen molar-refractivity contribution in [2.24, 2.45) is 5.92 Å². The fraction of sp³-hybridized carbons (Fsp3) is 0.350. The second kappa shape index (κ2) is 7.66. The summed E-state index contributed by atoms with van der Waals surface area (Å²) in [5.74, 6) is 2.89. The van der Waals surface area contributed by atoms with Crippen molar-refractivity contribution in [1.82, 2.24) is 20.0 Å². The lowest BCUT2D eigenvalue weighted by Gasteiger charge is -2.14. The third-order valence-corrected chi connectivity index (χ3v) is 4.69. The Hall–Kier alpha value is -2.73. The zero-order valence-electron chi connectivity index (χ0n) is 14.9. The highest BCUT2D eigenvalue weighted by Gasteiger charge is 2.24. The molecule has 1 saturated heterocycles. The number of anilines is 1. The summed E-state index contributed by atoms with van der Waals surface area (Å²) < 4.78 is 5.43. The largest absolute Gasteiger partial charge is 0.370 e. The molecule has 4 rings (SSSR count).